The van der Waals surface area contributed by atoms with E-state index in [2.05, 4.69) is 32.7 Å². The van der Waals surface area contributed by atoms with Crippen molar-refractivity contribution in [1.29, 1.82) is 0 Å². The van der Waals surface area contributed by atoms with E-state index >= 15 is 0 Å². The maximum absolute atomic E-state index is 5.97. The monoisotopic (exact) mass is 554 g/mol. The molecule has 1 fully saturated rings. The number of rotatable bonds is 9. The number of benzene rings is 2. The summed E-state index contributed by atoms with van der Waals surface area (Å²) in [4.78, 5) is 6.74. The molecule has 176 valence electrons. The summed E-state index contributed by atoms with van der Waals surface area (Å²) in [5.41, 5.74) is 1.17. The molecule has 1 aliphatic heterocycles. The van der Waals surface area contributed by atoms with Gasteiger partial charge in [0.05, 0.1) is 26.5 Å². The van der Waals surface area contributed by atoms with Crippen molar-refractivity contribution in [2.75, 3.05) is 52.3 Å². The zero-order valence-corrected chi connectivity index (χ0v) is 21.7. The topological polar surface area (TPSA) is 67.4 Å². The van der Waals surface area contributed by atoms with Gasteiger partial charge in [-0.15, -0.1) is 24.0 Å². The highest BCUT2D eigenvalue weighted by Crippen LogP contribution is 2.31. The molecule has 0 saturated carbocycles. The lowest BCUT2D eigenvalue weighted by molar-refractivity contribution is 0.223. The molecule has 3 rings (SSSR count). The second kappa shape index (κ2) is 13.2. The summed E-state index contributed by atoms with van der Waals surface area (Å²) in [6, 6.07) is 15.8. The fourth-order valence-corrected chi connectivity index (χ4v) is 3.76. The Morgan fingerprint density at radius 1 is 1.09 bits per heavy atom. The zero-order valence-electron chi connectivity index (χ0n) is 19.3. The third-order valence-corrected chi connectivity index (χ3v) is 5.43. The molecule has 8 heteroatoms. The van der Waals surface area contributed by atoms with Crippen molar-refractivity contribution in [2.24, 2.45) is 10.9 Å². The minimum Gasteiger partial charge on any atom is -0.497 e. The Hall–Kier alpha value is -2.36. The van der Waals surface area contributed by atoms with Gasteiger partial charge < -0.3 is 29.7 Å². The van der Waals surface area contributed by atoms with Crippen LogP contribution in [0.25, 0.3) is 0 Å². The molecule has 1 saturated heterocycles. The van der Waals surface area contributed by atoms with Crippen LogP contribution >= 0.6 is 24.0 Å². The van der Waals surface area contributed by atoms with Gasteiger partial charge in [-0.1, -0.05) is 18.2 Å². The lowest BCUT2D eigenvalue weighted by Crippen LogP contribution is -2.43. The highest BCUT2D eigenvalue weighted by Gasteiger charge is 2.24. The van der Waals surface area contributed by atoms with Crippen molar-refractivity contribution >= 4 is 35.6 Å². The highest BCUT2D eigenvalue weighted by molar-refractivity contribution is 14.0. The second-order valence-corrected chi connectivity index (χ2v) is 7.71. The van der Waals surface area contributed by atoms with Gasteiger partial charge in [0.1, 0.15) is 23.4 Å². The molecular formula is C24H35IN4O3. The van der Waals surface area contributed by atoms with Gasteiger partial charge in [0, 0.05) is 32.7 Å². The molecule has 1 aliphatic rings. The molecule has 0 bridgehead atoms. The number of aliphatic imine (C=N–C) groups is 1. The number of anilines is 1. The number of ether oxygens (including phenoxy) is 3. The first-order chi connectivity index (χ1) is 15.1. The number of methoxy groups -OCH3 is 2. The van der Waals surface area contributed by atoms with E-state index in [4.69, 9.17) is 14.2 Å². The third kappa shape index (κ3) is 7.36. The minimum atomic E-state index is -0.0156. The molecule has 7 nitrogen and oxygen atoms in total. The molecule has 2 unspecified atom stereocenters. The Morgan fingerprint density at radius 3 is 2.62 bits per heavy atom. The molecule has 0 radical (unpaired) electrons. The summed E-state index contributed by atoms with van der Waals surface area (Å²) in [6.07, 6.45) is 1.12. The van der Waals surface area contributed by atoms with Gasteiger partial charge in [-0.2, -0.15) is 0 Å². The number of nitrogens with one attached hydrogen (secondary N) is 2. The van der Waals surface area contributed by atoms with Crippen molar-refractivity contribution < 1.29 is 14.2 Å². The predicted molar refractivity (Wildman–Crippen MR) is 141 cm³/mol. The van der Waals surface area contributed by atoms with Crippen LogP contribution in [0.3, 0.4) is 0 Å². The molecule has 1 heterocycles. The molecule has 0 amide bonds. The molecular weight excluding hydrogens is 519 g/mol. The van der Waals surface area contributed by atoms with Crippen LogP contribution in [0.1, 0.15) is 13.3 Å². The maximum atomic E-state index is 5.97. The standard InChI is InChI=1S/C24H34N4O3.HI/c1-18(31-21-9-7-8-20(14-21)29-3)15-26-24(25-2)27-16-19-12-13-28(17-19)22-10-5-6-11-23(22)30-4;/h5-11,14,18-19H,12-13,15-17H2,1-4H3,(H2,25,26,27);1H. The Morgan fingerprint density at radius 2 is 1.88 bits per heavy atom. The second-order valence-electron chi connectivity index (χ2n) is 7.71. The summed E-state index contributed by atoms with van der Waals surface area (Å²) in [5, 5.41) is 6.81. The summed E-state index contributed by atoms with van der Waals surface area (Å²) in [7, 11) is 5.17. The largest absolute Gasteiger partial charge is 0.497 e. The van der Waals surface area contributed by atoms with E-state index in [0.717, 1.165) is 49.3 Å². The number of guanidine groups is 1. The molecule has 2 N–H and O–H groups in total. The summed E-state index contributed by atoms with van der Waals surface area (Å²) >= 11 is 0. The van der Waals surface area contributed by atoms with Crippen molar-refractivity contribution in [3.8, 4) is 17.2 Å². The maximum Gasteiger partial charge on any atom is 0.191 e. The van der Waals surface area contributed by atoms with Gasteiger partial charge in [0.15, 0.2) is 5.96 Å². The van der Waals surface area contributed by atoms with Crippen LogP contribution < -0.4 is 29.7 Å². The fourth-order valence-electron chi connectivity index (χ4n) is 3.76. The molecule has 2 atom stereocenters. The van der Waals surface area contributed by atoms with E-state index in [0.29, 0.717) is 12.5 Å². The van der Waals surface area contributed by atoms with Crippen LogP contribution in [-0.4, -0.2) is 59.5 Å². The SMILES string of the molecule is CN=C(NCC1CCN(c2ccccc2OC)C1)NCC(C)Oc1cccc(OC)c1.I. The average Bonchev–Trinajstić information content (AvgIpc) is 3.28. The zero-order chi connectivity index (χ0) is 22.1. The summed E-state index contributed by atoms with van der Waals surface area (Å²) < 4.78 is 16.7. The molecule has 2 aromatic carbocycles. The quantitative estimate of drug-likeness (QED) is 0.280. The third-order valence-electron chi connectivity index (χ3n) is 5.43. The van der Waals surface area contributed by atoms with Crippen molar-refractivity contribution in [1.82, 2.24) is 10.6 Å². The van der Waals surface area contributed by atoms with E-state index in [1.807, 2.05) is 43.3 Å². The van der Waals surface area contributed by atoms with Crippen molar-refractivity contribution in [2.45, 2.75) is 19.4 Å². The van der Waals surface area contributed by atoms with Crippen LogP contribution in [0.5, 0.6) is 17.2 Å². The number of hydrogen-bond donors (Lipinski definition) is 2. The van der Waals surface area contributed by atoms with E-state index in [1.54, 1.807) is 21.3 Å². The van der Waals surface area contributed by atoms with Crippen LogP contribution in [0.2, 0.25) is 0 Å². The predicted octanol–water partition coefficient (Wildman–Crippen LogP) is 3.78. The van der Waals surface area contributed by atoms with Crippen LogP contribution in [-0.2, 0) is 0 Å². The van der Waals surface area contributed by atoms with Gasteiger partial charge in [0.2, 0.25) is 0 Å². The highest BCUT2D eigenvalue weighted by atomic mass is 127. The lowest BCUT2D eigenvalue weighted by atomic mass is 10.1. The molecule has 0 aliphatic carbocycles. The van der Waals surface area contributed by atoms with Gasteiger partial charge in [0.25, 0.3) is 0 Å². The summed E-state index contributed by atoms with van der Waals surface area (Å²) in [6.45, 7) is 5.58. The van der Waals surface area contributed by atoms with Crippen LogP contribution in [0.15, 0.2) is 53.5 Å². The van der Waals surface area contributed by atoms with Crippen molar-refractivity contribution in [3.05, 3.63) is 48.5 Å². The minimum absolute atomic E-state index is 0. The first-order valence-corrected chi connectivity index (χ1v) is 10.8. The summed E-state index contributed by atoms with van der Waals surface area (Å²) in [5.74, 6) is 3.84. The average molecular weight is 554 g/mol. The number of nitrogens with zero attached hydrogens (tertiary/aromatic N) is 2. The fraction of sp³-hybridized carbons (Fsp3) is 0.458. The molecule has 0 aromatic heterocycles. The van der Waals surface area contributed by atoms with E-state index in [1.165, 1.54) is 5.69 Å². The Balaban J connectivity index is 0.00000363. The van der Waals surface area contributed by atoms with Crippen LogP contribution in [0.4, 0.5) is 5.69 Å². The smallest absolute Gasteiger partial charge is 0.191 e. The van der Waals surface area contributed by atoms with Gasteiger partial charge in [-0.05, 0) is 43.5 Å². The number of halogens is 1. The van der Waals surface area contributed by atoms with E-state index in [9.17, 15) is 0 Å². The molecule has 32 heavy (non-hydrogen) atoms. The van der Waals surface area contributed by atoms with Gasteiger partial charge in [-0.25, -0.2) is 0 Å². The Labute approximate surface area is 208 Å². The van der Waals surface area contributed by atoms with E-state index in [-0.39, 0.29) is 30.1 Å². The normalized spacial score (nSPS) is 16.7. The molecule has 2 aromatic rings. The first-order valence-electron chi connectivity index (χ1n) is 10.8. The van der Waals surface area contributed by atoms with Crippen LogP contribution in [0, 0.1) is 5.92 Å². The van der Waals surface area contributed by atoms with E-state index < -0.39 is 0 Å². The van der Waals surface area contributed by atoms with Crippen molar-refractivity contribution in [3.63, 3.8) is 0 Å². The van der Waals surface area contributed by atoms with Gasteiger partial charge in [-0.3, -0.25) is 4.99 Å². The first kappa shape index (κ1) is 25.9. The lowest BCUT2D eigenvalue weighted by Gasteiger charge is -2.22. The number of hydrogen-bond acceptors (Lipinski definition) is 5. The van der Waals surface area contributed by atoms with Gasteiger partial charge >= 0.3 is 0 Å². The Bertz CT molecular complexity index is 865. The number of para-hydroxylation sites is 2. The molecule has 0 spiro atoms. The Kier molecular flexibility index (Phi) is 10.7.